The zero-order valence-electron chi connectivity index (χ0n) is 10.4. The predicted molar refractivity (Wildman–Crippen MR) is 72.8 cm³/mol. The molecule has 112 valence electrons. The summed E-state index contributed by atoms with van der Waals surface area (Å²) in [5.74, 6) is -1.67. The second kappa shape index (κ2) is 6.01. The van der Waals surface area contributed by atoms with Gasteiger partial charge in [-0.3, -0.25) is 0 Å². The lowest BCUT2D eigenvalue weighted by molar-refractivity contribution is -0.136. The average Bonchev–Trinajstić information content (AvgIpc) is 2.42. The second-order valence-electron chi connectivity index (χ2n) is 4.22. The van der Waals surface area contributed by atoms with Crippen molar-refractivity contribution in [1.29, 1.82) is 0 Å². The molecule has 0 aromatic heterocycles. The van der Waals surface area contributed by atoms with Crippen molar-refractivity contribution in [3.05, 3.63) is 63.6 Å². The summed E-state index contributed by atoms with van der Waals surface area (Å²) in [5.41, 5.74) is -1.45. The second-order valence-corrected chi connectivity index (χ2v) is 5.07. The van der Waals surface area contributed by atoms with Crippen molar-refractivity contribution in [2.45, 2.75) is 12.7 Å². The van der Waals surface area contributed by atoms with Crippen molar-refractivity contribution in [3.8, 4) is 0 Å². The van der Waals surface area contributed by atoms with Crippen molar-refractivity contribution in [2.24, 2.45) is 0 Å². The summed E-state index contributed by atoms with van der Waals surface area (Å²) in [4.78, 5) is 0. The highest BCUT2D eigenvalue weighted by Crippen LogP contribution is 2.35. The Morgan fingerprint density at radius 2 is 1.67 bits per heavy atom. The van der Waals surface area contributed by atoms with Gasteiger partial charge in [0.05, 0.1) is 10.0 Å². The standard InChI is InChI=1S/C14H9BrF5N/c15-10-5-6-11(16)8(13(10)17)7-21-12-4-2-1-3-9(12)14(18,19)20/h1-6,21H,7H2. The normalized spacial score (nSPS) is 11.5. The number of benzene rings is 2. The first-order chi connectivity index (χ1) is 9.80. The molecule has 7 heteroatoms. The highest BCUT2D eigenvalue weighted by Gasteiger charge is 2.33. The molecule has 2 rings (SSSR count). The molecule has 0 saturated carbocycles. The molecule has 0 aliphatic rings. The molecule has 2 aromatic carbocycles. The molecule has 0 amide bonds. The van der Waals surface area contributed by atoms with Crippen LogP contribution in [-0.4, -0.2) is 0 Å². The largest absolute Gasteiger partial charge is 0.418 e. The van der Waals surface area contributed by atoms with E-state index in [4.69, 9.17) is 0 Å². The van der Waals surface area contributed by atoms with Gasteiger partial charge in [-0.1, -0.05) is 12.1 Å². The van der Waals surface area contributed by atoms with E-state index in [0.717, 1.165) is 12.1 Å². The van der Waals surface area contributed by atoms with E-state index >= 15 is 0 Å². The Hall–Kier alpha value is -1.63. The van der Waals surface area contributed by atoms with Crippen molar-refractivity contribution in [3.63, 3.8) is 0 Å². The Bertz CT molecular complexity index is 654. The van der Waals surface area contributed by atoms with Gasteiger partial charge in [0, 0.05) is 17.8 Å². The van der Waals surface area contributed by atoms with Crippen LogP contribution in [0.1, 0.15) is 11.1 Å². The van der Waals surface area contributed by atoms with Crippen LogP contribution in [0.5, 0.6) is 0 Å². The van der Waals surface area contributed by atoms with Gasteiger partial charge in [-0.25, -0.2) is 8.78 Å². The summed E-state index contributed by atoms with van der Waals surface area (Å²) >= 11 is 2.90. The first-order valence-electron chi connectivity index (χ1n) is 5.83. The van der Waals surface area contributed by atoms with E-state index < -0.39 is 29.9 Å². The van der Waals surface area contributed by atoms with E-state index in [1.807, 2.05) is 0 Å². The van der Waals surface area contributed by atoms with Crippen molar-refractivity contribution in [2.75, 3.05) is 5.32 Å². The van der Waals surface area contributed by atoms with Crippen LogP contribution in [0.25, 0.3) is 0 Å². The molecule has 2 aromatic rings. The lowest BCUT2D eigenvalue weighted by atomic mass is 10.1. The Labute approximate surface area is 125 Å². The van der Waals surface area contributed by atoms with E-state index in [2.05, 4.69) is 21.2 Å². The fraction of sp³-hybridized carbons (Fsp3) is 0.143. The summed E-state index contributed by atoms with van der Waals surface area (Å²) in [6, 6.07) is 6.99. The number of anilines is 1. The van der Waals surface area contributed by atoms with Crippen LogP contribution >= 0.6 is 15.9 Å². The Balaban J connectivity index is 2.28. The van der Waals surface area contributed by atoms with Gasteiger partial charge in [-0.15, -0.1) is 0 Å². The van der Waals surface area contributed by atoms with E-state index in [0.29, 0.717) is 0 Å². The minimum atomic E-state index is -4.54. The summed E-state index contributed by atoms with van der Waals surface area (Å²) < 4.78 is 65.7. The molecule has 0 radical (unpaired) electrons. The SMILES string of the molecule is Fc1ccc(Br)c(F)c1CNc1ccccc1C(F)(F)F. The monoisotopic (exact) mass is 365 g/mol. The number of rotatable bonds is 3. The van der Waals surface area contributed by atoms with Crippen LogP contribution in [0.4, 0.5) is 27.6 Å². The molecular formula is C14H9BrF5N. The maximum absolute atomic E-state index is 13.8. The zero-order valence-corrected chi connectivity index (χ0v) is 12.0. The minimum Gasteiger partial charge on any atom is -0.380 e. The van der Waals surface area contributed by atoms with Gasteiger partial charge in [0.2, 0.25) is 0 Å². The van der Waals surface area contributed by atoms with Crippen LogP contribution in [0.2, 0.25) is 0 Å². The predicted octanol–water partition coefficient (Wildman–Crippen LogP) is 5.36. The van der Waals surface area contributed by atoms with Crippen molar-refractivity contribution < 1.29 is 22.0 Å². The quantitative estimate of drug-likeness (QED) is 0.570. The first kappa shape index (κ1) is 15.8. The van der Waals surface area contributed by atoms with Gasteiger partial charge in [0.25, 0.3) is 0 Å². The maximum atomic E-state index is 13.8. The fourth-order valence-electron chi connectivity index (χ4n) is 1.80. The van der Waals surface area contributed by atoms with E-state index in [1.54, 1.807) is 0 Å². The number of halogens is 6. The molecular weight excluding hydrogens is 357 g/mol. The molecule has 0 spiro atoms. The number of para-hydroxylation sites is 1. The molecule has 1 N–H and O–H groups in total. The topological polar surface area (TPSA) is 12.0 Å². The highest BCUT2D eigenvalue weighted by atomic mass is 79.9. The van der Waals surface area contributed by atoms with Gasteiger partial charge in [0.1, 0.15) is 11.6 Å². The Kier molecular flexibility index (Phi) is 4.51. The minimum absolute atomic E-state index is 0.0461. The molecule has 1 nitrogen and oxygen atoms in total. The summed E-state index contributed by atoms with van der Waals surface area (Å²) in [6.07, 6.45) is -4.54. The average molecular weight is 366 g/mol. The van der Waals surface area contributed by atoms with Gasteiger partial charge in [-0.2, -0.15) is 13.2 Å². The third-order valence-corrected chi connectivity index (χ3v) is 3.44. The number of hydrogen-bond donors (Lipinski definition) is 1. The molecule has 0 bridgehead atoms. The van der Waals surface area contributed by atoms with Crippen LogP contribution in [0, 0.1) is 11.6 Å². The van der Waals surface area contributed by atoms with Crippen LogP contribution in [0.3, 0.4) is 0 Å². The summed E-state index contributed by atoms with van der Waals surface area (Å²) in [7, 11) is 0. The van der Waals surface area contributed by atoms with Crippen molar-refractivity contribution >= 4 is 21.6 Å². The highest BCUT2D eigenvalue weighted by molar-refractivity contribution is 9.10. The fourth-order valence-corrected chi connectivity index (χ4v) is 2.17. The number of alkyl halides is 3. The molecule has 21 heavy (non-hydrogen) atoms. The molecule has 0 heterocycles. The lowest BCUT2D eigenvalue weighted by Gasteiger charge is -2.15. The van der Waals surface area contributed by atoms with Crippen LogP contribution in [-0.2, 0) is 12.7 Å². The molecule has 0 aliphatic carbocycles. The van der Waals surface area contributed by atoms with Gasteiger partial charge < -0.3 is 5.32 Å². The summed E-state index contributed by atoms with van der Waals surface area (Å²) in [5, 5.41) is 2.42. The number of hydrogen-bond acceptors (Lipinski definition) is 1. The maximum Gasteiger partial charge on any atom is 0.418 e. The summed E-state index contributed by atoms with van der Waals surface area (Å²) in [6.45, 7) is -0.399. The lowest BCUT2D eigenvalue weighted by Crippen LogP contribution is -2.12. The third-order valence-electron chi connectivity index (χ3n) is 2.83. The van der Waals surface area contributed by atoms with E-state index in [9.17, 15) is 22.0 Å². The Morgan fingerprint density at radius 1 is 1.00 bits per heavy atom. The molecule has 0 saturated heterocycles. The first-order valence-corrected chi connectivity index (χ1v) is 6.62. The van der Waals surface area contributed by atoms with Gasteiger partial charge in [0.15, 0.2) is 0 Å². The molecule has 0 unspecified atom stereocenters. The third kappa shape index (κ3) is 3.53. The van der Waals surface area contributed by atoms with Gasteiger partial charge in [-0.05, 0) is 40.2 Å². The molecule has 0 fully saturated rings. The van der Waals surface area contributed by atoms with E-state index in [1.165, 1.54) is 24.3 Å². The van der Waals surface area contributed by atoms with E-state index in [-0.39, 0.29) is 15.7 Å². The zero-order chi connectivity index (χ0) is 15.6. The Morgan fingerprint density at radius 3 is 2.33 bits per heavy atom. The van der Waals surface area contributed by atoms with Crippen molar-refractivity contribution in [1.82, 2.24) is 0 Å². The van der Waals surface area contributed by atoms with Crippen LogP contribution in [0.15, 0.2) is 40.9 Å². The molecule has 0 aliphatic heterocycles. The van der Waals surface area contributed by atoms with Gasteiger partial charge >= 0.3 is 6.18 Å². The number of nitrogens with one attached hydrogen (secondary N) is 1. The van der Waals surface area contributed by atoms with Crippen LogP contribution < -0.4 is 5.32 Å². The molecule has 0 atom stereocenters. The smallest absolute Gasteiger partial charge is 0.380 e.